The summed E-state index contributed by atoms with van der Waals surface area (Å²) in [5, 5.41) is 2.90. The van der Waals surface area contributed by atoms with Gasteiger partial charge in [0, 0.05) is 11.3 Å². The van der Waals surface area contributed by atoms with E-state index in [2.05, 4.69) is 5.32 Å². The van der Waals surface area contributed by atoms with Crippen molar-refractivity contribution in [1.29, 1.82) is 0 Å². The number of amides is 1. The zero-order valence-electron chi connectivity index (χ0n) is 11.4. The number of carbonyl (C=O) groups excluding carboxylic acids is 1. The number of benzene rings is 2. The van der Waals surface area contributed by atoms with Crippen molar-refractivity contribution in [1.82, 2.24) is 0 Å². The molecule has 1 aliphatic rings. The van der Waals surface area contributed by atoms with E-state index in [-0.39, 0.29) is 5.91 Å². The minimum Gasteiger partial charge on any atom is -0.496 e. The van der Waals surface area contributed by atoms with Gasteiger partial charge < -0.3 is 10.1 Å². The zero-order chi connectivity index (χ0) is 13.9. The summed E-state index contributed by atoms with van der Waals surface area (Å²) in [6.07, 6.45) is 2.36. The van der Waals surface area contributed by atoms with Gasteiger partial charge in [0.25, 0.3) is 5.91 Å². The van der Waals surface area contributed by atoms with Crippen LogP contribution < -0.4 is 10.1 Å². The molecule has 1 amide bonds. The van der Waals surface area contributed by atoms with Gasteiger partial charge in [0.2, 0.25) is 0 Å². The van der Waals surface area contributed by atoms with Gasteiger partial charge in [-0.1, -0.05) is 18.2 Å². The molecule has 0 bridgehead atoms. The molecule has 0 aromatic heterocycles. The van der Waals surface area contributed by atoms with Crippen molar-refractivity contribution in [3.63, 3.8) is 0 Å². The van der Waals surface area contributed by atoms with Crippen LogP contribution in [0.5, 0.6) is 5.75 Å². The average molecular weight is 267 g/mol. The van der Waals surface area contributed by atoms with Crippen LogP contribution in [0.15, 0.2) is 48.5 Å². The number of carbonyl (C=O) groups is 1. The molecule has 1 aliphatic carbocycles. The van der Waals surface area contributed by atoms with Crippen molar-refractivity contribution in [2.75, 3.05) is 12.4 Å². The Bertz CT molecular complexity index is 618. The number of methoxy groups -OCH3 is 1. The molecule has 0 heterocycles. The first-order chi connectivity index (χ1) is 9.78. The summed E-state index contributed by atoms with van der Waals surface area (Å²) in [5.74, 6) is 1.35. The van der Waals surface area contributed by atoms with E-state index >= 15 is 0 Å². The third-order valence-corrected chi connectivity index (χ3v) is 3.54. The van der Waals surface area contributed by atoms with Crippen LogP contribution in [0.4, 0.5) is 5.69 Å². The number of rotatable bonds is 4. The standard InChI is InChI=1S/C17H17NO2/c1-20-16-10-9-13(11-15(16)12-7-8-12)17(19)18-14-5-3-2-4-6-14/h2-6,9-12H,7-8H2,1H3,(H,18,19). The predicted molar refractivity (Wildman–Crippen MR) is 79.4 cm³/mol. The van der Waals surface area contributed by atoms with Crippen LogP contribution in [0.1, 0.15) is 34.7 Å². The molecule has 3 heteroatoms. The topological polar surface area (TPSA) is 38.3 Å². The Morgan fingerprint density at radius 3 is 2.55 bits per heavy atom. The molecule has 0 aliphatic heterocycles. The number of nitrogens with one attached hydrogen (secondary N) is 1. The largest absolute Gasteiger partial charge is 0.496 e. The van der Waals surface area contributed by atoms with Gasteiger partial charge in [-0.2, -0.15) is 0 Å². The Labute approximate surface area is 118 Å². The smallest absolute Gasteiger partial charge is 0.255 e. The lowest BCUT2D eigenvalue weighted by Crippen LogP contribution is -2.12. The number of hydrogen-bond acceptors (Lipinski definition) is 2. The van der Waals surface area contributed by atoms with Gasteiger partial charge in [-0.25, -0.2) is 0 Å². The second kappa shape index (κ2) is 5.37. The highest BCUT2D eigenvalue weighted by Crippen LogP contribution is 2.44. The quantitative estimate of drug-likeness (QED) is 0.914. The van der Waals surface area contributed by atoms with Crippen LogP contribution >= 0.6 is 0 Å². The summed E-state index contributed by atoms with van der Waals surface area (Å²) in [7, 11) is 1.67. The first kappa shape index (κ1) is 12.7. The maximum Gasteiger partial charge on any atom is 0.255 e. The van der Waals surface area contributed by atoms with Crippen molar-refractivity contribution < 1.29 is 9.53 Å². The molecule has 102 valence electrons. The fourth-order valence-corrected chi connectivity index (χ4v) is 2.31. The zero-order valence-corrected chi connectivity index (χ0v) is 11.4. The number of ether oxygens (including phenoxy) is 1. The molecular weight excluding hydrogens is 250 g/mol. The summed E-state index contributed by atoms with van der Waals surface area (Å²) < 4.78 is 5.37. The minimum atomic E-state index is -0.0826. The van der Waals surface area contributed by atoms with Crippen molar-refractivity contribution >= 4 is 11.6 Å². The van der Waals surface area contributed by atoms with Gasteiger partial charge in [-0.05, 0) is 54.7 Å². The van der Waals surface area contributed by atoms with E-state index in [1.165, 1.54) is 12.8 Å². The molecule has 0 radical (unpaired) electrons. The highest BCUT2D eigenvalue weighted by atomic mass is 16.5. The number of hydrogen-bond donors (Lipinski definition) is 1. The van der Waals surface area contributed by atoms with E-state index in [4.69, 9.17) is 4.74 Å². The maximum atomic E-state index is 12.3. The fraction of sp³-hybridized carbons (Fsp3) is 0.235. The molecule has 1 saturated carbocycles. The molecule has 0 saturated heterocycles. The third kappa shape index (κ3) is 2.67. The van der Waals surface area contributed by atoms with Gasteiger partial charge in [0.15, 0.2) is 0 Å². The lowest BCUT2D eigenvalue weighted by atomic mass is 10.0. The molecule has 3 rings (SSSR count). The molecule has 0 atom stereocenters. The minimum absolute atomic E-state index is 0.0826. The number of anilines is 1. The molecule has 20 heavy (non-hydrogen) atoms. The van der Waals surface area contributed by atoms with Crippen molar-refractivity contribution in [3.05, 3.63) is 59.7 Å². The maximum absolute atomic E-state index is 12.3. The lowest BCUT2D eigenvalue weighted by Gasteiger charge is -2.10. The van der Waals surface area contributed by atoms with E-state index < -0.39 is 0 Å². The first-order valence-corrected chi connectivity index (χ1v) is 6.82. The van der Waals surface area contributed by atoms with Crippen molar-refractivity contribution in [2.45, 2.75) is 18.8 Å². The Balaban J connectivity index is 1.83. The van der Waals surface area contributed by atoms with Crippen molar-refractivity contribution in [2.24, 2.45) is 0 Å². The van der Waals surface area contributed by atoms with E-state index in [9.17, 15) is 4.79 Å². The summed E-state index contributed by atoms with van der Waals surface area (Å²) in [6.45, 7) is 0. The third-order valence-electron chi connectivity index (χ3n) is 3.54. The van der Waals surface area contributed by atoms with Crippen LogP contribution in [-0.4, -0.2) is 13.0 Å². The van der Waals surface area contributed by atoms with Gasteiger partial charge >= 0.3 is 0 Å². The normalized spacial score (nSPS) is 13.8. The predicted octanol–water partition coefficient (Wildman–Crippen LogP) is 3.82. The molecule has 2 aromatic carbocycles. The average Bonchev–Trinajstić information content (AvgIpc) is 3.32. The van der Waals surface area contributed by atoms with E-state index in [1.54, 1.807) is 7.11 Å². The molecule has 1 fully saturated rings. The summed E-state index contributed by atoms with van der Waals surface area (Å²) in [4.78, 5) is 12.3. The summed E-state index contributed by atoms with van der Waals surface area (Å²) in [6, 6.07) is 15.1. The molecular formula is C17H17NO2. The fourth-order valence-electron chi connectivity index (χ4n) is 2.31. The second-order valence-electron chi connectivity index (χ2n) is 5.05. The highest BCUT2D eigenvalue weighted by molar-refractivity contribution is 6.04. The monoisotopic (exact) mass is 267 g/mol. The van der Waals surface area contributed by atoms with Crippen LogP contribution in [0, 0.1) is 0 Å². The molecule has 2 aromatic rings. The molecule has 0 unspecified atom stereocenters. The van der Waals surface area contributed by atoms with E-state index in [0.717, 1.165) is 17.0 Å². The molecule has 0 spiro atoms. The highest BCUT2D eigenvalue weighted by Gasteiger charge is 2.27. The van der Waals surface area contributed by atoms with Crippen LogP contribution in [0.25, 0.3) is 0 Å². The Morgan fingerprint density at radius 2 is 1.90 bits per heavy atom. The van der Waals surface area contributed by atoms with Crippen molar-refractivity contribution in [3.8, 4) is 5.75 Å². The lowest BCUT2D eigenvalue weighted by molar-refractivity contribution is 0.102. The Morgan fingerprint density at radius 1 is 1.15 bits per heavy atom. The number of para-hydroxylation sites is 1. The SMILES string of the molecule is COc1ccc(C(=O)Nc2ccccc2)cc1C1CC1. The van der Waals surface area contributed by atoms with Crippen LogP contribution in [0.3, 0.4) is 0 Å². The van der Waals surface area contributed by atoms with Crippen LogP contribution in [-0.2, 0) is 0 Å². The molecule has 1 N–H and O–H groups in total. The van der Waals surface area contributed by atoms with Gasteiger partial charge in [-0.15, -0.1) is 0 Å². The second-order valence-corrected chi connectivity index (χ2v) is 5.05. The summed E-state index contributed by atoms with van der Waals surface area (Å²) >= 11 is 0. The Hall–Kier alpha value is -2.29. The summed E-state index contributed by atoms with van der Waals surface area (Å²) in [5.41, 5.74) is 2.63. The molecule has 3 nitrogen and oxygen atoms in total. The van der Waals surface area contributed by atoms with Gasteiger partial charge in [-0.3, -0.25) is 4.79 Å². The van der Waals surface area contributed by atoms with Gasteiger partial charge in [0.05, 0.1) is 7.11 Å². The first-order valence-electron chi connectivity index (χ1n) is 6.82. The Kier molecular flexibility index (Phi) is 3.42. The van der Waals surface area contributed by atoms with E-state index in [0.29, 0.717) is 11.5 Å². The van der Waals surface area contributed by atoms with Crippen LogP contribution in [0.2, 0.25) is 0 Å². The van der Waals surface area contributed by atoms with E-state index in [1.807, 2.05) is 48.5 Å². The van der Waals surface area contributed by atoms with Gasteiger partial charge in [0.1, 0.15) is 5.75 Å².